The van der Waals surface area contributed by atoms with Crippen LogP contribution >= 0.6 is 0 Å². The SMILES string of the molecule is CC(C)CN(C(=O)c1ccc(C#Cc2ccc(-c3cc(C(=O)NN)c4cnccc4n3)cc2)c(F)c1)C(CN)C(=O)O. The van der Waals surface area contributed by atoms with Crippen LogP contribution in [0.3, 0.4) is 0 Å². The van der Waals surface area contributed by atoms with E-state index in [0.29, 0.717) is 27.7 Å². The largest absolute Gasteiger partial charge is 0.480 e. The first-order valence-electron chi connectivity index (χ1n) is 13.0. The monoisotopic (exact) mass is 568 g/mol. The van der Waals surface area contributed by atoms with Gasteiger partial charge in [0.15, 0.2) is 0 Å². The van der Waals surface area contributed by atoms with Gasteiger partial charge in [0.05, 0.1) is 22.3 Å². The number of rotatable bonds is 8. The molecule has 0 aliphatic carbocycles. The van der Waals surface area contributed by atoms with Crippen molar-refractivity contribution in [3.8, 4) is 23.1 Å². The quantitative estimate of drug-likeness (QED) is 0.109. The molecule has 0 aliphatic rings. The zero-order valence-electron chi connectivity index (χ0n) is 23.0. The van der Waals surface area contributed by atoms with E-state index in [1.165, 1.54) is 12.1 Å². The molecule has 0 fully saturated rings. The number of benzene rings is 2. The molecule has 0 aliphatic heterocycles. The molecule has 4 rings (SSSR count). The van der Waals surface area contributed by atoms with Gasteiger partial charge in [-0.05, 0) is 48.4 Å². The summed E-state index contributed by atoms with van der Waals surface area (Å²) in [5.74, 6) is 7.97. The minimum Gasteiger partial charge on any atom is -0.480 e. The van der Waals surface area contributed by atoms with Gasteiger partial charge in [0.1, 0.15) is 11.9 Å². The van der Waals surface area contributed by atoms with Gasteiger partial charge in [-0.15, -0.1) is 0 Å². The predicted octanol–water partition coefficient (Wildman–Crippen LogP) is 2.95. The lowest BCUT2D eigenvalue weighted by molar-refractivity contribution is -0.142. The molecule has 0 saturated carbocycles. The lowest BCUT2D eigenvalue weighted by atomic mass is 10.0. The number of hydrazine groups is 1. The van der Waals surface area contributed by atoms with Gasteiger partial charge in [-0.25, -0.2) is 20.0 Å². The van der Waals surface area contributed by atoms with Gasteiger partial charge in [-0.2, -0.15) is 0 Å². The second kappa shape index (κ2) is 13.0. The minimum atomic E-state index is -1.23. The number of carbonyl (C=O) groups excluding carboxylic acids is 2. The molecule has 4 aromatic rings. The van der Waals surface area contributed by atoms with Crippen LogP contribution in [0.15, 0.2) is 67.0 Å². The summed E-state index contributed by atoms with van der Waals surface area (Å²) in [7, 11) is 0. The van der Waals surface area contributed by atoms with Crippen molar-refractivity contribution in [3.63, 3.8) is 0 Å². The summed E-state index contributed by atoms with van der Waals surface area (Å²) in [5, 5.41) is 10.1. The third-order valence-electron chi connectivity index (χ3n) is 6.43. The Morgan fingerprint density at radius 1 is 1.07 bits per heavy atom. The van der Waals surface area contributed by atoms with Crippen LogP contribution in [-0.4, -0.2) is 56.9 Å². The number of nitrogens with zero attached hydrogens (tertiary/aromatic N) is 3. The Balaban J connectivity index is 1.57. The highest BCUT2D eigenvalue weighted by Gasteiger charge is 2.30. The molecule has 0 saturated heterocycles. The number of hydrogen-bond donors (Lipinski definition) is 4. The van der Waals surface area contributed by atoms with Crippen molar-refractivity contribution in [1.82, 2.24) is 20.3 Å². The summed E-state index contributed by atoms with van der Waals surface area (Å²) in [4.78, 5) is 46.9. The van der Waals surface area contributed by atoms with Gasteiger partial charge in [0, 0.05) is 47.6 Å². The number of nitrogen functional groups attached to an aromatic ring is 1. The van der Waals surface area contributed by atoms with Crippen molar-refractivity contribution in [3.05, 3.63) is 95.1 Å². The Morgan fingerprint density at radius 3 is 2.43 bits per heavy atom. The van der Waals surface area contributed by atoms with E-state index in [9.17, 15) is 23.9 Å². The van der Waals surface area contributed by atoms with E-state index in [1.807, 2.05) is 13.8 Å². The maximum absolute atomic E-state index is 15.0. The summed E-state index contributed by atoms with van der Waals surface area (Å²) in [6.07, 6.45) is 3.13. The van der Waals surface area contributed by atoms with Crippen LogP contribution in [-0.2, 0) is 4.79 Å². The molecule has 0 radical (unpaired) electrons. The van der Waals surface area contributed by atoms with Crippen molar-refractivity contribution >= 4 is 28.7 Å². The van der Waals surface area contributed by atoms with E-state index in [2.05, 4.69) is 27.2 Å². The number of aliphatic carboxylic acids is 1. The molecule has 1 unspecified atom stereocenters. The van der Waals surface area contributed by atoms with Gasteiger partial charge in [-0.1, -0.05) is 37.8 Å². The summed E-state index contributed by atoms with van der Waals surface area (Å²) >= 11 is 0. The van der Waals surface area contributed by atoms with Crippen LogP contribution in [0.5, 0.6) is 0 Å². The molecule has 2 aromatic heterocycles. The van der Waals surface area contributed by atoms with Gasteiger partial charge in [0.2, 0.25) is 0 Å². The second-order valence-corrected chi connectivity index (χ2v) is 9.88. The highest BCUT2D eigenvalue weighted by molar-refractivity contribution is 6.06. The fourth-order valence-electron chi connectivity index (χ4n) is 4.37. The number of carboxylic acid groups (broad SMARTS) is 1. The highest BCUT2D eigenvalue weighted by Crippen LogP contribution is 2.25. The number of carboxylic acids is 1. The van der Waals surface area contributed by atoms with E-state index in [0.717, 1.165) is 16.5 Å². The van der Waals surface area contributed by atoms with Gasteiger partial charge >= 0.3 is 5.97 Å². The lowest BCUT2D eigenvalue weighted by Crippen LogP contribution is -2.50. The van der Waals surface area contributed by atoms with Crippen LogP contribution in [0, 0.1) is 23.6 Å². The third kappa shape index (κ3) is 6.58. The molecule has 6 N–H and O–H groups in total. The van der Waals surface area contributed by atoms with Crippen LogP contribution in [0.4, 0.5) is 4.39 Å². The zero-order chi connectivity index (χ0) is 30.4. The fourth-order valence-corrected chi connectivity index (χ4v) is 4.37. The first-order valence-corrected chi connectivity index (χ1v) is 13.0. The fraction of sp³-hybridized carbons (Fsp3) is 0.194. The molecular weight excluding hydrogens is 539 g/mol. The van der Waals surface area contributed by atoms with Crippen LogP contribution in [0.2, 0.25) is 0 Å². The maximum Gasteiger partial charge on any atom is 0.327 e. The number of amides is 2. The first kappa shape index (κ1) is 29.8. The van der Waals surface area contributed by atoms with Crippen LogP contribution in [0.25, 0.3) is 22.2 Å². The van der Waals surface area contributed by atoms with E-state index in [4.69, 9.17) is 11.6 Å². The number of halogens is 1. The third-order valence-corrected chi connectivity index (χ3v) is 6.43. The molecule has 11 heteroatoms. The zero-order valence-corrected chi connectivity index (χ0v) is 23.0. The smallest absolute Gasteiger partial charge is 0.327 e. The summed E-state index contributed by atoms with van der Waals surface area (Å²) in [6.45, 7) is 3.57. The number of carbonyl (C=O) groups is 3. The molecule has 42 heavy (non-hydrogen) atoms. The molecule has 214 valence electrons. The number of nitrogens with two attached hydrogens (primary N) is 2. The van der Waals surface area contributed by atoms with Crippen LogP contribution < -0.4 is 17.0 Å². The highest BCUT2D eigenvalue weighted by atomic mass is 19.1. The summed E-state index contributed by atoms with van der Waals surface area (Å²) in [5.41, 5.74) is 10.6. The first-order chi connectivity index (χ1) is 20.1. The van der Waals surface area contributed by atoms with Gasteiger partial charge in [-0.3, -0.25) is 20.0 Å². The summed E-state index contributed by atoms with van der Waals surface area (Å²) < 4.78 is 15.0. The van der Waals surface area contributed by atoms with E-state index >= 15 is 0 Å². The molecule has 1 atom stereocenters. The number of hydrogen-bond acceptors (Lipinski definition) is 7. The Labute approximate surface area is 241 Å². The number of nitrogens with one attached hydrogen (secondary N) is 1. The van der Waals surface area contributed by atoms with E-state index < -0.39 is 29.6 Å². The Hall–Kier alpha value is -5.18. The Bertz CT molecular complexity index is 1710. The van der Waals surface area contributed by atoms with Crippen molar-refractivity contribution in [2.45, 2.75) is 19.9 Å². The topological polar surface area (TPSA) is 165 Å². The normalized spacial score (nSPS) is 11.5. The Morgan fingerprint density at radius 2 is 1.81 bits per heavy atom. The average molecular weight is 569 g/mol. The molecule has 0 spiro atoms. The molecule has 0 bridgehead atoms. The Kier molecular flexibility index (Phi) is 9.22. The summed E-state index contributed by atoms with van der Waals surface area (Å²) in [6, 6.07) is 13.0. The van der Waals surface area contributed by atoms with Gasteiger partial charge < -0.3 is 15.7 Å². The standard InChI is InChI=1S/C31H29FN6O4/c1-18(2)17-38(28(15-33)31(41)42)30(40)22-10-9-20(25(32)13-22)6-3-19-4-7-21(8-5-19)27-14-23(29(39)37-34)24-16-35-12-11-26(24)36-27/h4-5,7-14,16,18,28H,15,17,33-34H2,1-2H3,(H,37,39)(H,41,42). The van der Waals surface area contributed by atoms with Crippen molar-refractivity contribution in [2.24, 2.45) is 17.5 Å². The number of aromatic nitrogens is 2. The molecule has 2 amide bonds. The second-order valence-electron chi connectivity index (χ2n) is 9.88. The number of fused-ring (bicyclic) bond motifs is 1. The van der Waals surface area contributed by atoms with E-state index in [-0.39, 0.29) is 30.1 Å². The van der Waals surface area contributed by atoms with Crippen molar-refractivity contribution in [1.29, 1.82) is 0 Å². The lowest BCUT2D eigenvalue weighted by Gasteiger charge is -2.29. The maximum atomic E-state index is 15.0. The molecule has 2 heterocycles. The minimum absolute atomic E-state index is 0.00380. The van der Waals surface area contributed by atoms with E-state index in [1.54, 1.807) is 48.8 Å². The van der Waals surface area contributed by atoms with Crippen LogP contribution in [0.1, 0.15) is 45.7 Å². The van der Waals surface area contributed by atoms with Crippen molar-refractivity contribution < 1.29 is 23.9 Å². The number of pyridine rings is 2. The average Bonchev–Trinajstić information content (AvgIpc) is 2.98. The molecule has 10 nitrogen and oxygen atoms in total. The predicted molar refractivity (Wildman–Crippen MR) is 155 cm³/mol. The van der Waals surface area contributed by atoms with Crippen molar-refractivity contribution in [2.75, 3.05) is 13.1 Å². The van der Waals surface area contributed by atoms with Gasteiger partial charge in [0.25, 0.3) is 11.8 Å². The molecule has 2 aromatic carbocycles. The molecular formula is C31H29FN6O4.